The number of nitrogens with one attached hydrogen (secondary N) is 2. The lowest BCUT2D eigenvalue weighted by atomic mass is 10.1. The minimum Gasteiger partial charge on any atom is -0.444 e. The molecule has 35 heavy (non-hydrogen) atoms. The molecule has 2 aromatic carbocycles. The van der Waals surface area contributed by atoms with Crippen molar-refractivity contribution < 1.29 is 9.53 Å². The number of hydrogen-bond acceptors (Lipinski definition) is 4. The van der Waals surface area contributed by atoms with E-state index in [1.54, 1.807) is 0 Å². The Bertz CT molecular complexity index is 1000. The molecule has 5 nitrogen and oxygen atoms in total. The van der Waals surface area contributed by atoms with Crippen LogP contribution in [-0.4, -0.2) is 29.8 Å². The number of ether oxygens (including phenoxy) is 1. The van der Waals surface area contributed by atoms with Crippen LogP contribution in [0.3, 0.4) is 0 Å². The largest absolute Gasteiger partial charge is 0.444 e. The number of nitrogens with zero attached hydrogens (tertiary/aromatic N) is 1. The van der Waals surface area contributed by atoms with E-state index in [4.69, 9.17) is 9.72 Å². The second-order valence-electron chi connectivity index (χ2n) is 10.4. The van der Waals surface area contributed by atoms with Crippen molar-refractivity contribution in [2.45, 2.75) is 90.6 Å². The molecule has 1 aromatic heterocycles. The minimum absolute atomic E-state index is 0.310. The quantitative estimate of drug-likeness (QED) is 0.181. The van der Waals surface area contributed by atoms with Gasteiger partial charge in [0.1, 0.15) is 5.60 Å². The lowest BCUT2D eigenvalue weighted by Gasteiger charge is -2.19. The molecule has 2 N–H and O–H groups in total. The molecule has 0 spiro atoms. The Hall–Kier alpha value is -2.82. The van der Waals surface area contributed by atoms with Crippen LogP contribution in [0.5, 0.6) is 0 Å². The molecule has 0 saturated carbocycles. The first kappa shape index (κ1) is 26.8. The molecule has 0 fully saturated rings. The third-order valence-corrected chi connectivity index (χ3v) is 6.16. The monoisotopic (exact) mass is 477 g/mol. The summed E-state index contributed by atoms with van der Waals surface area (Å²) in [4.78, 5) is 16.4. The predicted molar refractivity (Wildman–Crippen MR) is 148 cm³/mol. The van der Waals surface area contributed by atoms with Crippen LogP contribution in [0.15, 0.2) is 48.5 Å². The van der Waals surface area contributed by atoms with Gasteiger partial charge in [-0.25, -0.2) is 9.78 Å². The summed E-state index contributed by atoms with van der Waals surface area (Å²) in [5.41, 5.74) is 2.89. The van der Waals surface area contributed by atoms with Crippen LogP contribution in [-0.2, 0) is 4.74 Å². The Kier molecular flexibility index (Phi) is 10.6. The summed E-state index contributed by atoms with van der Waals surface area (Å²) in [7, 11) is 0. The summed E-state index contributed by atoms with van der Waals surface area (Å²) in [6.07, 6.45) is 12.1. The number of para-hydroxylation sites is 2. The zero-order valence-electron chi connectivity index (χ0n) is 21.9. The number of unbranched alkanes of at least 4 members (excludes halogenated alkanes) is 9. The van der Waals surface area contributed by atoms with E-state index in [9.17, 15) is 4.79 Å². The number of rotatable bonds is 14. The van der Waals surface area contributed by atoms with E-state index in [0.29, 0.717) is 6.54 Å². The highest BCUT2D eigenvalue weighted by molar-refractivity contribution is 6.07. The number of pyridine rings is 1. The van der Waals surface area contributed by atoms with Crippen LogP contribution >= 0.6 is 0 Å². The van der Waals surface area contributed by atoms with Gasteiger partial charge >= 0.3 is 6.09 Å². The smallest absolute Gasteiger partial charge is 0.407 e. The molecule has 0 aliphatic rings. The summed E-state index contributed by atoms with van der Waals surface area (Å²) in [5, 5.41) is 8.94. The van der Waals surface area contributed by atoms with Crippen molar-refractivity contribution in [1.82, 2.24) is 10.3 Å². The van der Waals surface area contributed by atoms with Crippen molar-refractivity contribution in [3.05, 3.63) is 48.5 Å². The Balaban J connectivity index is 1.22. The summed E-state index contributed by atoms with van der Waals surface area (Å²) in [6, 6.07) is 16.8. The fraction of sp³-hybridized carbons (Fsp3) is 0.533. The SMILES string of the molecule is CC(C)(C)OC(=O)NCCCCCCCCCCCCNc1c2ccccc2nc2ccccc12. The van der Waals surface area contributed by atoms with Crippen molar-refractivity contribution in [2.75, 3.05) is 18.4 Å². The highest BCUT2D eigenvalue weighted by atomic mass is 16.6. The van der Waals surface area contributed by atoms with Gasteiger partial charge < -0.3 is 15.4 Å². The van der Waals surface area contributed by atoms with Crippen LogP contribution in [0, 0.1) is 0 Å². The fourth-order valence-corrected chi connectivity index (χ4v) is 4.41. The Labute approximate surface area is 211 Å². The lowest BCUT2D eigenvalue weighted by molar-refractivity contribution is 0.0527. The highest BCUT2D eigenvalue weighted by Crippen LogP contribution is 2.30. The van der Waals surface area contributed by atoms with Gasteiger partial charge in [-0.1, -0.05) is 87.8 Å². The van der Waals surface area contributed by atoms with Gasteiger partial charge in [0.2, 0.25) is 0 Å². The predicted octanol–water partition coefficient (Wildman–Crippen LogP) is 8.23. The Morgan fingerprint density at radius 1 is 0.714 bits per heavy atom. The molecular weight excluding hydrogens is 434 g/mol. The molecule has 0 unspecified atom stereocenters. The first-order valence-electron chi connectivity index (χ1n) is 13.4. The van der Waals surface area contributed by atoms with E-state index in [2.05, 4.69) is 59.2 Å². The van der Waals surface area contributed by atoms with E-state index in [0.717, 1.165) is 24.0 Å². The maximum Gasteiger partial charge on any atom is 0.407 e. The molecule has 1 heterocycles. The topological polar surface area (TPSA) is 63.2 Å². The zero-order chi connectivity index (χ0) is 24.9. The lowest BCUT2D eigenvalue weighted by Crippen LogP contribution is -2.32. The molecule has 0 bridgehead atoms. The number of aromatic nitrogens is 1. The zero-order valence-corrected chi connectivity index (χ0v) is 21.9. The molecule has 0 saturated heterocycles. The number of anilines is 1. The summed E-state index contributed by atoms with van der Waals surface area (Å²) >= 11 is 0. The molecule has 1 amide bonds. The van der Waals surface area contributed by atoms with Crippen LogP contribution in [0.4, 0.5) is 10.5 Å². The maximum absolute atomic E-state index is 11.6. The number of hydrogen-bond donors (Lipinski definition) is 2. The number of alkyl carbamates (subject to hydrolysis) is 1. The van der Waals surface area contributed by atoms with E-state index in [1.165, 1.54) is 74.2 Å². The summed E-state index contributed by atoms with van der Waals surface area (Å²) in [6.45, 7) is 7.35. The minimum atomic E-state index is -0.427. The first-order valence-corrected chi connectivity index (χ1v) is 13.4. The normalized spacial score (nSPS) is 11.6. The van der Waals surface area contributed by atoms with Crippen LogP contribution < -0.4 is 10.6 Å². The van der Waals surface area contributed by atoms with Gasteiger partial charge in [-0.3, -0.25) is 0 Å². The van der Waals surface area contributed by atoms with E-state index >= 15 is 0 Å². The summed E-state index contributed by atoms with van der Waals surface area (Å²) in [5.74, 6) is 0. The third-order valence-electron chi connectivity index (χ3n) is 6.16. The molecule has 3 rings (SSSR count). The molecule has 0 atom stereocenters. The number of carbonyl (C=O) groups excluding carboxylic acids is 1. The van der Waals surface area contributed by atoms with Gasteiger partial charge in [-0.15, -0.1) is 0 Å². The molecule has 5 heteroatoms. The van der Waals surface area contributed by atoms with E-state index in [1.807, 2.05) is 20.8 Å². The Morgan fingerprint density at radius 3 is 1.69 bits per heavy atom. The standard InChI is InChI=1S/C30H43N3O2/c1-30(2,3)35-29(34)32-23-17-11-9-7-5-4-6-8-10-16-22-31-28-24-18-12-14-20-26(24)33-27-21-15-13-19-25(27)28/h12-15,18-21H,4-11,16-17,22-23H2,1-3H3,(H,31,33)(H,32,34). The van der Waals surface area contributed by atoms with E-state index in [-0.39, 0.29) is 6.09 Å². The van der Waals surface area contributed by atoms with Gasteiger partial charge in [0.15, 0.2) is 0 Å². The van der Waals surface area contributed by atoms with Gasteiger partial charge in [0, 0.05) is 23.9 Å². The first-order chi connectivity index (χ1) is 16.9. The van der Waals surface area contributed by atoms with Crippen molar-refractivity contribution in [1.29, 1.82) is 0 Å². The maximum atomic E-state index is 11.6. The van der Waals surface area contributed by atoms with Gasteiger partial charge in [-0.05, 0) is 45.7 Å². The molecule has 0 radical (unpaired) electrons. The van der Waals surface area contributed by atoms with Gasteiger partial charge in [0.25, 0.3) is 0 Å². The highest BCUT2D eigenvalue weighted by Gasteiger charge is 2.15. The van der Waals surface area contributed by atoms with Crippen molar-refractivity contribution >= 4 is 33.6 Å². The molecular formula is C30H43N3O2. The second-order valence-corrected chi connectivity index (χ2v) is 10.4. The van der Waals surface area contributed by atoms with E-state index < -0.39 is 5.60 Å². The Morgan fingerprint density at radius 2 is 1.17 bits per heavy atom. The molecule has 3 aromatic rings. The average molecular weight is 478 g/mol. The second kappa shape index (κ2) is 13.9. The van der Waals surface area contributed by atoms with Gasteiger partial charge in [0.05, 0.1) is 16.7 Å². The molecule has 190 valence electrons. The van der Waals surface area contributed by atoms with Crippen LogP contribution in [0.2, 0.25) is 0 Å². The van der Waals surface area contributed by atoms with Crippen LogP contribution in [0.1, 0.15) is 85.0 Å². The van der Waals surface area contributed by atoms with Gasteiger partial charge in [-0.2, -0.15) is 0 Å². The average Bonchev–Trinajstić information content (AvgIpc) is 2.82. The number of fused-ring (bicyclic) bond motifs is 2. The number of benzene rings is 2. The number of carbonyl (C=O) groups is 1. The molecule has 0 aliphatic heterocycles. The van der Waals surface area contributed by atoms with Crippen molar-refractivity contribution in [2.24, 2.45) is 0 Å². The van der Waals surface area contributed by atoms with Crippen molar-refractivity contribution in [3.8, 4) is 0 Å². The van der Waals surface area contributed by atoms with Crippen LogP contribution in [0.25, 0.3) is 21.8 Å². The molecule has 0 aliphatic carbocycles. The third kappa shape index (κ3) is 9.39. The number of amides is 1. The summed E-state index contributed by atoms with van der Waals surface area (Å²) < 4.78 is 5.24. The fourth-order valence-electron chi connectivity index (χ4n) is 4.41. The van der Waals surface area contributed by atoms with Crippen molar-refractivity contribution in [3.63, 3.8) is 0 Å².